The summed E-state index contributed by atoms with van der Waals surface area (Å²) in [6.07, 6.45) is 3.30. The summed E-state index contributed by atoms with van der Waals surface area (Å²) in [6.45, 7) is 0. The number of nitrogens with two attached hydrogens (primary N) is 1. The zero-order chi connectivity index (χ0) is 23.7. The summed E-state index contributed by atoms with van der Waals surface area (Å²) in [6, 6.07) is 19.7. The van der Waals surface area contributed by atoms with Gasteiger partial charge in [0, 0.05) is 40.7 Å². The van der Waals surface area contributed by atoms with Crippen molar-refractivity contribution in [3.63, 3.8) is 0 Å². The second-order valence-electron chi connectivity index (χ2n) is 7.56. The summed E-state index contributed by atoms with van der Waals surface area (Å²) in [5.74, 6) is -1.55. The number of carbonyl (C=O) groups is 1. The van der Waals surface area contributed by atoms with Crippen molar-refractivity contribution in [2.75, 3.05) is 5.32 Å². The number of anilines is 2. The molecular weight excluding hydrogens is 436 g/mol. The van der Waals surface area contributed by atoms with Crippen LogP contribution in [0.25, 0.3) is 33.4 Å². The van der Waals surface area contributed by atoms with Crippen LogP contribution in [0.1, 0.15) is 10.4 Å². The zero-order valence-electron chi connectivity index (χ0n) is 17.7. The zero-order valence-corrected chi connectivity index (χ0v) is 17.7. The predicted molar refractivity (Wildman–Crippen MR) is 126 cm³/mol. The highest BCUT2D eigenvalue weighted by Gasteiger charge is 2.13. The number of benzene rings is 3. The molecule has 0 fully saturated rings. The molecule has 3 N–H and O–H groups in total. The molecule has 1 amide bonds. The van der Waals surface area contributed by atoms with Crippen LogP contribution in [0.3, 0.4) is 0 Å². The maximum Gasteiger partial charge on any atom is 0.248 e. The minimum atomic E-state index is -0.967. The number of nitrogens with one attached hydrogen (secondary N) is 1. The summed E-state index contributed by atoms with van der Waals surface area (Å²) in [5.41, 5.74) is 9.17. The van der Waals surface area contributed by atoms with E-state index in [2.05, 4.69) is 20.3 Å². The van der Waals surface area contributed by atoms with Gasteiger partial charge in [0.15, 0.2) is 17.5 Å². The average Bonchev–Trinajstić information content (AvgIpc) is 2.86. The summed E-state index contributed by atoms with van der Waals surface area (Å²) in [5, 5.41) is 3.76. The largest absolute Gasteiger partial charge is 0.366 e. The maximum atomic E-state index is 13.8. The Bertz CT molecular complexity index is 1520. The van der Waals surface area contributed by atoms with Crippen LogP contribution in [-0.4, -0.2) is 20.9 Å². The topological polar surface area (TPSA) is 93.8 Å². The Balaban J connectivity index is 1.65. The fraction of sp³-hybridized carbons (Fsp3) is 0. The molecule has 0 aliphatic heterocycles. The molecular formula is C26H17F2N5O. The number of hydrogen-bond donors (Lipinski definition) is 2. The van der Waals surface area contributed by atoms with Gasteiger partial charge in [0.05, 0.1) is 5.52 Å². The summed E-state index contributed by atoms with van der Waals surface area (Å²) < 4.78 is 27.3. The first-order chi connectivity index (χ1) is 16.5. The molecule has 0 aliphatic carbocycles. The van der Waals surface area contributed by atoms with E-state index in [0.29, 0.717) is 39.4 Å². The van der Waals surface area contributed by atoms with Crippen LogP contribution in [-0.2, 0) is 0 Å². The number of aromatic nitrogens is 3. The Kier molecular flexibility index (Phi) is 5.39. The molecule has 5 aromatic rings. The lowest BCUT2D eigenvalue weighted by atomic mass is 10.0. The molecule has 2 heterocycles. The molecule has 0 atom stereocenters. The Morgan fingerprint density at radius 3 is 2.32 bits per heavy atom. The molecule has 8 heteroatoms. The van der Waals surface area contributed by atoms with Crippen molar-refractivity contribution in [2.24, 2.45) is 5.73 Å². The Hall–Kier alpha value is -4.72. The van der Waals surface area contributed by atoms with E-state index >= 15 is 0 Å². The van der Waals surface area contributed by atoms with E-state index in [4.69, 9.17) is 5.73 Å². The van der Waals surface area contributed by atoms with Crippen LogP contribution in [0, 0.1) is 11.6 Å². The van der Waals surface area contributed by atoms with Gasteiger partial charge in [-0.15, -0.1) is 0 Å². The second-order valence-corrected chi connectivity index (χ2v) is 7.56. The van der Waals surface area contributed by atoms with Crippen molar-refractivity contribution in [1.29, 1.82) is 0 Å². The third kappa shape index (κ3) is 4.16. The fourth-order valence-corrected chi connectivity index (χ4v) is 3.56. The number of hydrogen-bond acceptors (Lipinski definition) is 5. The van der Waals surface area contributed by atoms with E-state index in [0.717, 1.165) is 23.3 Å². The third-order valence-corrected chi connectivity index (χ3v) is 5.30. The van der Waals surface area contributed by atoms with E-state index in [1.165, 1.54) is 6.07 Å². The van der Waals surface area contributed by atoms with Gasteiger partial charge in [0.2, 0.25) is 5.91 Å². The number of carbonyl (C=O) groups excluding carboxylic acids is 1. The first kappa shape index (κ1) is 21.1. The van der Waals surface area contributed by atoms with Gasteiger partial charge in [-0.05, 0) is 59.7 Å². The smallest absolute Gasteiger partial charge is 0.248 e. The highest BCUT2D eigenvalue weighted by molar-refractivity contribution is 5.96. The van der Waals surface area contributed by atoms with Gasteiger partial charge in [-0.2, -0.15) is 0 Å². The van der Waals surface area contributed by atoms with Crippen LogP contribution < -0.4 is 11.1 Å². The van der Waals surface area contributed by atoms with Gasteiger partial charge in [-0.25, -0.2) is 18.7 Å². The van der Waals surface area contributed by atoms with E-state index in [1.54, 1.807) is 42.7 Å². The standard InChI is InChI=1S/C26H17F2N5O/c27-21-9-8-19(13-22(21)28)31-26-20-12-17(15-3-5-16(6-4-15)24(29)34)7-10-23(20)32-25(33-26)18-2-1-11-30-14-18/h1-14H,(H2,29,34)(H,31,32,33). The molecule has 34 heavy (non-hydrogen) atoms. The summed E-state index contributed by atoms with van der Waals surface area (Å²) >= 11 is 0. The second kappa shape index (κ2) is 8.67. The summed E-state index contributed by atoms with van der Waals surface area (Å²) in [7, 11) is 0. The van der Waals surface area contributed by atoms with Crippen LogP contribution in [0.4, 0.5) is 20.3 Å². The molecule has 0 aliphatic rings. The minimum absolute atomic E-state index is 0.340. The van der Waals surface area contributed by atoms with Crippen LogP contribution in [0.5, 0.6) is 0 Å². The average molecular weight is 453 g/mol. The number of halogens is 2. The van der Waals surface area contributed by atoms with E-state index in [-0.39, 0.29) is 0 Å². The normalized spacial score (nSPS) is 10.9. The predicted octanol–water partition coefficient (Wildman–Crippen LogP) is 5.48. The van der Waals surface area contributed by atoms with Gasteiger partial charge in [-0.3, -0.25) is 9.78 Å². The number of fused-ring (bicyclic) bond motifs is 1. The Morgan fingerprint density at radius 2 is 1.62 bits per heavy atom. The van der Waals surface area contributed by atoms with Crippen LogP contribution in [0.2, 0.25) is 0 Å². The summed E-state index contributed by atoms with van der Waals surface area (Å²) in [4.78, 5) is 24.8. The number of nitrogens with zero attached hydrogens (tertiary/aromatic N) is 3. The van der Waals surface area contributed by atoms with Crippen molar-refractivity contribution >= 4 is 28.3 Å². The molecule has 0 saturated carbocycles. The maximum absolute atomic E-state index is 13.8. The molecule has 0 unspecified atom stereocenters. The van der Waals surface area contributed by atoms with Gasteiger partial charge in [-0.1, -0.05) is 18.2 Å². The molecule has 0 saturated heterocycles. The molecule has 166 valence electrons. The van der Waals surface area contributed by atoms with Gasteiger partial charge < -0.3 is 11.1 Å². The fourth-order valence-electron chi connectivity index (χ4n) is 3.56. The lowest BCUT2D eigenvalue weighted by Crippen LogP contribution is -2.10. The van der Waals surface area contributed by atoms with Crippen molar-refractivity contribution < 1.29 is 13.6 Å². The monoisotopic (exact) mass is 453 g/mol. The van der Waals surface area contributed by atoms with Gasteiger partial charge in [0.1, 0.15) is 5.82 Å². The van der Waals surface area contributed by atoms with E-state index in [1.807, 2.05) is 24.3 Å². The van der Waals surface area contributed by atoms with E-state index in [9.17, 15) is 13.6 Å². The number of pyridine rings is 1. The Morgan fingerprint density at radius 1 is 0.824 bits per heavy atom. The van der Waals surface area contributed by atoms with Crippen molar-refractivity contribution in [1.82, 2.24) is 15.0 Å². The SMILES string of the molecule is NC(=O)c1ccc(-c2ccc3nc(-c4cccnc4)nc(Nc4ccc(F)c(F)c4)c3c2)cc1. The molecule has 0 radical (unpaired) electrons. The molecule has 0 bridgehead atoms. The minimum Gasteiger partial charge on any atom is -0.366 e. The highest BCUT2D eigenvalue weighted by Crippen LogP contribution is 2.31. The highest BCUT2D eigenvalue weighted by atomic mass is 19.2. The molecule has 2 aromatic heterocycles. The quantitative estimate of drug-likeness (QED) is 0.368. The number of amides is 1. The van der Waals surface area contributed by atoms with Crippen LogP contribution in [0.15, 0.2) is 85.2 Å². The lowest BCUT2D eigenvalue weighted by molar-refractivity contribution is 0.100. The lowest BCUT2D eigenvalue weighted by Gasteiger charge is -2.13. The van der Waals surface area contributed by atoms with Crippen molar-refractivity contribution in [2.45, 2.75) is 0 Å². The van der Waals surface area contributed by atoms with Crippen molar-refractivity contribution in [3.05, 3.63) is 102 Å². The van der Waals surface area contributed by atoms with Crippen molar-refractivity contribution in [3.8, 4) is 22.5 Å². The molecule has 5 rings (SSSR count). The molecule has 0 spiro atoms. The van der Waals surface area contributed by atoms with Gasteiger partial charge >= 0.3 is 0 Å². The van der Waals surface area contributed by atoms with Gasteiger partial charge in [0.25, 0.3) is 0 Å². The third-order valence-electron chi connectivity index (χ3n) is 5.30. The first-order valence-corrected chi connectivity index (χ1v) is 10.3. The number of rotatable bonds is 5. The number of primary amides is 1. The molecule has 3 aromatic carbocycles. The molecule has 6 nitrogen and oxygen atoms in total. The van der Waals surface area contributed by atoms with Crippen LogP contribution >= 0.6 is 0 Å². The van der Waals surface area contributed by atoms with E-state index < -0.39 is 17.5 Å². The first-order valence-electron chi connectivity index (χ1n) is 10.3. The Labute approximate surface area is 193 Å².